The fraction of sp³-hybridized carbons (Fsp3) is 0.0435. The molecule has 0 unspecified atom stereocenters. The van der Waals surface area contributed by atoms with E-state index in [1.807, 2.05) is 60.8 Å². The van der Waals surface area contributed by atoms with Gasteiger partial charge in [-0.1, -0.05) is 60.7 Å². The molecule has 5 heteroatoms. The summed E-state index contributed by atoms with van der Waals surface area (Å²) in [5.74, 6) is 0.684. The second-order valence-electron chi connectivity index (χ2n) is 6.55. The van der Waals surface area contributed by atoms with Crippen LogP contribution in [0.25, 0.3) is 33.5 Å². The van der Waals surface area contributed by atoms with Gasteiger partial charge in [-0.25, -0.2) is 9.97 Å². The molecule has 0 bridgehead atoms. The number of hydrogen-bond donors (Lipinski definition) is 1. The summed E-state index contributed by atoms with van der Waals surface area (Å²) < 4.78 is 0. The van der Waals surface area contributed by atoms with Crippen LogP contribution in [0, 0.1) is 0 Å². The maximum absolute atomic E-state index is 4.89. The molecule has 3 aromatic heterocycles. The lowest BCUT2D eigenvalue weighted by Gasteiger charge is -2.09. The van der Waals surface area contributed by atoms with E-state index in [-0.39, 0.29) is 0 Å². The Morgan fingerprint density at radius 1 is 0.714 bits per heavy atom. The SMILES string of the molecule is c1ccc(-c2nnc(Cc3c[nH]c4ncccc34)nc2-c2ccccc2)cc1. The van der Waals surface area contributed by atoms with Crippen LogP contribution in [-0.2, 0) is 6.42 Å². The number of aromatic nitrogens is 5. The molecule has 0 atom stereocenters. The van der Waals surface area contributed by atoms with Crippen molar-refractivity contribution in [1.82, 2.24) is 25.1 Å². The lowest BCUT2D eigenvalue weighted by Crippen LogP contribution is -2.03. The summed E-state index contributed by atoms with van der Waals surface area (Å²) in [6, 6.07) is 24.2. The van der Waals surface area contributed by atoms with Gasteiger partial charge >= 0.3 is 0 Å². The van der Waals surface area contributed by atoms with Crippen LogP contribution < -0.4 is 0 Å². The van der Waals surface area contributed by atoms with Crippen LogP contribution in [0.15, 0.2) is 85.2 Å². The molecule has 1 N–H and O–H groups in total. The molecule has 0 aliphatic heterocycles. The minimum Gasteiger partial charge on any atom is -0.346 e. The summed E-state index contributed by atoms with van der Waals surface area (Å²) in [4.78, 5) is 12.4. The van der Waals surface area contributed by atoms with Gasteiger partial charge in [0.25, 0.3) is 0 Å². The smallest absolute Gasteiger partial charge is 0.156 e. The Kier molecular flexibility index (Phi) is 4.10. The van der Waals surface area contributed by atoms with Crippen molar-refractivity contribution >= 4 is 11.0 Å². The molecule has 28 heavy (non-hydrogen) atoms. The first-order chi connectivity index (χ1) is 13.9. The number of nitrogens with zero attached hydrogens (tertiary/aromatic N) is 4. The van der Waals surface area contributed by atoms with Crippen molar-refractivity contribution in [3.8, 4) is 22.5 Å². The van der Waals surface area contributed by atoms with E-state index in [0.29, 0.717) is 12.2 Å². The highest BCUT2D eigenvalue weighted by atomic mass is 15.2. The Morgan fingerprint density at radius 2 is 1.43 bits per heavy atom. The highest BCUT2D eigenvalue weighted by molar-refractivity contribution is 5.80. The van der Waals surface area contributed by atoms with Crippen LogP contribution >= 0.6 is 0 Å². The van der Waals surface area contributed by atoms with Crippen molar-refractivity contribution in [3.63, 3.8) is 0 Å². The number of aromatic amines is 1. The predicted molar refractivity (Wildman–Crippen MR) is 110 cm³/mol. The molecule has 0 saturated carbocycles. The first kappa shape index (κ1) is 16.3. The molecule has 134 valence electrons. The number of fused-ring (bicyclic) bond motifs is 1. The summed E-state index contributed by atoms with van der Waals surface area (Å²) in [6.45, 7) is 0. The summed E-state index contributed by atoms with van der Waals surface area (Å²) in [7, 11) is 0. The summed E-state index contributed by atoms with van der Waals surface area (Å²) in [5, 5.41) is 10.1. The molecule has 0 spiro atoms. The van der Waals surface area contributed by atoms with E-state index in [9.17, 15) is 0 Å². The normalized spacial score (nSPS) is 11.0. The Labute approximate surface area is 162 Å². The van der Waals surface area contributed by atoms with Gasteiger partial charge in [-0.15, -0.1) is 10.2 Å². The zero-order valence-corrected chi connectivity index (χ0v) is 15.1. The molecule has 0 radical (unpaired) electrons. The van der Waals surface area contributed by atoms with Gasteiger partial charge in [0.05, 0.1) is 0 Å². The maximum atomic E-state index is 4.89. The highest BCUT2D eigenvalue weighted by Crippen LogP contribution is 2.28. The number of hydrogen-bond acceptors (Lipinski definition) is 4. The largest absolute Gasteiger partial charge is 0.346 e. The molecule has 0 saturated heterocycles. The second kappa shape index (κ2) is 7.04. The molecule has 0 aliphatic rings. The average molecular weight is 363 g/mol. The van der Waals surface area contributed by atoms with E-state index >= 15 is 0 Å². The molecule has 0 amide bonds. The van der Waals surface area contributed by atoms with Gasteiger partial charge in [-0.05, 0) is 17.7 Å². The number of benzene rings is 2. The molecule has 5 aromatic rings. The second-order valence-corrected chi connectivity index (χ2v) is 6.55. The molecule has 2 aromatic carbocycles. The van der Waals surface area contributed by atoms with Crippen molar-refractivity contribution in [2.24, 2.45) is 0 Å². The van der Waals surface area contributed by atoms with E-state index in [1.54, 1.807) is 6.20 Å². The lowest BCUT2D eigenvalue weighted by atomic mass is 10.0. The maximum Gasteiger partial charge on any atom is 0.156 e. The van der Waals surface area contributed by atoms with Gasteiger partial charge < -0.3 is 4.98 Å². The summed E-state index contributed by atoms with van der Waals surface area (Å²) in [6.07, 6.45) is 4.34. The third kappa shape index (κ3) is 3.03. The molecule has 5 nitrogen and oxygen atoms in total. The Balaban J connectivity index is 1.61. The van der Waals surface area contributed by atoms with E-state index in [4.69, 9.17) is 4.98 Å². The van der Waals surface area contributed by atoms with Gasteiger partial charge in [0.15, 0.2) is 5.82 Å². The van der Waals surface area contributed by atoms with E-state index in [1.165, 1.54) is 0 Å². The van der Waals surface area contributed by atoms with Crippen LogP contribution in [0.5, 0.6) is 0 Å². The van der Waals surface area contributed by atoms with E-state index in [0.717, 1.165) is 39.1 Å². The van der Waals surface area contributed by atoms with E-state index < -0.39 is 0 Å². The Hall–Kier alpha value is -3.86. The molecule has 0 aliphatic carbocycles. The average Bonchev–Trinajstić information content (AvgIpc) is 3.18. The molecule has 0 fully saturated rings. The van der Waals surface area contributed by atoms with Gasteiger partial charge in [0.2, 0.25) is 0 Å². The van der Waals surface area contributed by atoms with Crippen molar-refractivity contribution in [1.29, 1.82) is 0 Å². The van der Waals surface area contributed by atoms with Crippen molar-refractivity contribution in [3.05, 3.63) is 96.6 Å². The minimum absolute atomic E-state index is 0.591. The van der Waals surface area contributed by atoms with Gasteiger partial charge in [0.1, 0.15) is 17.0 Å². The van der Waals surface area contributed by atoms with Crippen LogP contribution in [0.1, 0.15) is 11.4 Å². The minimum atomic E-state index is 0.591. The number of pyridine rings is 1. The topological polar surface area (TPSA) is 67.3 Å². The van der Waals surface area contributed by atoms with Gasteiger partial charge in [-0.2, -0.15) is 0 Å². The monoisotopic (exact) mass is 363 g/mol. The number of nitrogens with one attached hydrogen (secondary N) is 1. The van der Waals surface area contributed by atoms with Crippen LogP contribution in [0.2, 0.25) is 0 Å². The fourth-order valence-electron chi connectivity index (χ4n) is 3.35. The zero-order chi connectivity index (χ0) is 18.8. The van der Waals surface area contributed by atoms with Crippen LogP contribution in [-0.4, -0.2) is 25.1 Å². The summed E-state index contributed by atoms with van der Waals surface area (Å²) >= 11 is 0. The van der Waals surface area contributed by atoms with Crippen LogP contribution in [0.3, 0.4) is 0 Å². The third-order valence-corrected chi connectivity index (χ3v) is 4.71. The Bertz CT molecular complexity index is 1230. The lowest BCUT2D eigenvalue weighted by molar-refractivity contribution is 0.876. The molecule has 5 rings (SSSR count). The molecular weight excluding hydrogens is 346 g/mol. The molecular formula is C23H17N5. The first-order valence-corrected chi connectivity index (χ1v) is 9.14. The summed E-state index contributed by atoms with van der Waals surface area (Å²) in [5.41, 5.74) is 5.64. The zero-order valence-electron chi connectivity index (χ0n) is 15.1. The fourth-order valence-corrected chi connectivity index (χ4v) is 3.35. The van der Waals surface area contributed by atoms with Crippen molar-refractivity contribution in [2.45, 2.75) is 6.42 Å². The van der Waals surface area contributed by atoms with Gasteiger partial charge in [0, 0.05) is 35.3 Å². The predicted octanol–water partition coefficient (Wildman–Crippen LogP) is 4.67. The number of H-pyrrole nitrogens is 1. The Morgan fingerprint density at radius 3 is 2.18 bits per heavy atom. The third-order valence-electron chi connectivity index (χ3n) is 4.71. The van der Waals surface area contributed by atoms with Crippen LogP contribution in [0.4, 0.5) is 0 Å². The quantitative estimate of drug-likeness (QED) is 0.504. The first-order valence-electron chi connectivity index (χ1n) is 9.14. The van der Waals surface area contributed by atoms with E-state index in [2.05, 4.69) is 38.4 Å². The highest BCUT2D eigenvalue weighted by Gasteiger charge is 2.14. The van der Waals surface area contributed by atoms with Crippen molar-refractivity contribution < 1.29 is 0 Å². The van der Waals surface area contributed by atoms with Crippen molar-refractivity contribution in [2.75, 3.05) is 0 Å². The standard InChI is InChI=1S/C23H17N5/c1-3-8-16(9-4-1)21-22(17-10-5-2-6-11-17)28-27-20(26-21)14-18-15-25-23-19(18)12-7-13-24-23/h1-13,15H,14H2,(H,24,25). The number of rotatable bonds is 4. The molecule has 3 heterocycles. The van der Waals surface area contributed by atoms with Gasteiger partial charge in [-0.3, -0.25) is 0 Å².